The van der Waals surface area contributed by atoms with Gasteiger partial charge in [0.1, 0.15) is 11.5 Å². The molecule has 0 saturated carbocycles. The van der Waals surface area contributed by atoms with Crippen molar-refractivity contribution >= 4 is 34.4 Å². The fourth-order valence-corrected chi connectivity index (χ4v) is 5.12. The Balaban J connectivity index is 1.33. The lowest BCUT2D eigenvalue weighted by Gasteiger charge is -2.17. The zero-order valence-corrected chi connectivity index (χ0v) is 19.1. The lowest BCUT2D eigenvalue weighted by atomic mass is 10.1. The molecule has 0 bridgehead atoms. The lowest BCUT2D eigenvalue weighted by molar-refractivity contribution is 0.0942. The maximum absolute atomic E-state index is 13.0. The van der Waals surface area contributed by atoms with E-state index < -0.39 is 0 Å². The molecule has 0 spiro atoms. The van der Waals surface area contributed by atoms with Crippen molar-refractivity contribution in [3.63, 3.8) is 0 Å². The number of carbonyl (C=O) groups is 1. The lowest BCUT2D eigenvalue weighted by Crippen LogP contribution is -2.25. The first-order chi connectivity index (χ1) is 15.5. The van der Waals surface area contributed by atoms with Crippen LogP contribution in [-0.4, -0.2) is 32.0 Å². The minimum atomic E-state index is -0.101. The van der Waals surface area contributed by atoms with E-state index in [0.29, 0.717) is 12.2 Å². The average molecular weight is 445 g/mol. The molecule has 4 heterocycles. The SMILES string of the molecule is Cc1ncc2c(CNC(=O)c3cc(SN4CCc5ncccc54)c(C)n3C)cccc2n1. The molecule has 3 aromatic heterocycles. The zero-order chi connectivity index (χ0) is 22.2. The number of nitrogens with zero attached hydrogens (tertiary/aromatic N) is 5. The van der Waals surface area contributed by atoms with Crippen LogP contribution in [0.2, 0.25) is 0 Å². The van der Waals surface area contributed by atoms with Crippen LogP contribution in [0.15, 0.2) is 53.7 Å². The number of aryl methyl sites for hydroxylation is 1. The highest BCUT2D eigenvalue weighted by Crippen LogP contribution is 2.37. The third kappa shape index (κ3) is 3.71. The molecule has 0 saturated heterocycles. The van der Waals surface area contributed by atoms with Gasteiger partial charge in [-0.05, 0) is 55.6 Å². The fourth-order valence-electron chi connectivity index (χ4n) is 4.00. The molecular weight excluding hydrogens is 420 g/mol. The normalized spacial score (nSPS) is 12.9. The molecule has 8 heteroatoms. The summed E-state index contributed by atoms with van der Waals surface area (Å²) in [5, 5.41) is 4.02. The zero-order valence-electron chi connectivity index (χ0n) is 18.3. The van der Waals surface area contributed by atoms with E-state index in [1.54, 1.807) is 11.9 Å². The van der Waals surface area contributed by atoms with Gasteiger partial charge in [0.2, 0.25) is 0 Å². The van der Waals surface area contributed by atoms with Crippen molar-refractivity contribution in [2.45, 2.75) is 31.7 Å². The molecule has 7 nitrogen and oxygen atoms in total. The Bertz CT molecular complexity index is 1330. The van der Waals surface area contributed by atoms with Gasteiger partial charge in [0.05, 0.1) is 21.8 Å². The molecule has 4 aromatic rings. The smallest absolute Gasteiger partial charge is 0.268 e. The molecule has 1 aliphatic rings. The van der Waals surface area contributed by atoms with E-state index in [9.17, 15) is 4.79 Å². The van der Waals surface area contributed by atoms with Crippen LogP contribution in [-0.2, 0) is 20.0 Å². The number of hydrogen-bond acceptors (Lipinski definition) is 6. The van der Waals surface area contributed by atoms with Crippen LogP contribution in [0.5, 0.6) is 0 Å². The van der Waals surface area contributed by atoms with E-state index in [2.05, 4.69) is 30.6 Å². The van der Waals surface area contributed by atoms with E-state index in [4.69, 9.17) is 0 Å². The third-order valence-corrected chi connectivity index (χ3v) is 7.10. The van der Waals surface area contributed by atoms with Crippen LogP contribution in [0, 0.1) is 13.8 Å². The maximum Gasteiger partial charge on any atom is 0.268 e. The molecule has 1 N–H and O–H groups in total. The Labute approximate surface area is 191 Å². The number of pyridine rings is 1. The van der Waals surface area contributed by atoms with Gasteiger partial charge in [0, 0.05) is 50.0 Å². The standard InChI is InChI=1S/C24H24N6OS/c1-15-23(32-30-11-9-20-21(30)8-5-10-25-20)12-22(29(15)3)24(31)27-13-17-6-4-7-19-18(17)14-26-16(2)28-19/h4-8,10,12,14H,9,11,13H2,1-3H3,(H,27,31). The first-order valence-corrected chi connectivity index (χ1v) is 11.3. The molecule has 0 aliphatic carbocycles. The number of benzene rings is 1. The highest BCUT2D eigenvalue weighted by atomic mass is 32.2. The van der Waals surface area contributed by atoms with Crippen molar-refractivity contribution in [2.24, 2.45) is 7.05 Å². The van der Waals surface area contributed by atoms with Crippen LogP contribution in [0.4, 0.5) is 5.69 Å². The molecule has 1 aliphatic heterocycles. The Morgan fingerprint density at radius 2 is 2.06 bits per heavy atom. The summed E-state index contributed by atoms with van der Waals surface area (Å²) in [5.41, 5.74) is 5.87. The summed E-state index contributed by atoms with van der Waals surface area (Å²) in [6.45, 7) is 5.25. The number of rotatable bonds is 5. The first kappa shape index (κ1) is 20.5. The second-order valence-electron chi connectivity index (χ2n) is 7.90. The molecule has 0 atom stereocenters. The summed E-state index contributed by atoms with van der Waals surface area (Å²) in [4.78, 5) is 27.4. The minimum absolute atomic E-state index is 0.101. The first-order valence-electron chi connectivity index (χ1n) is 10.6. The van der Waals surface area contributed by atoms with Crippen molar-refractivity contribution in [3.8, 4) is 0 Å². The number of carbonyl (C=O) groups excluding carboxylic acids is 1. The van der Waals surface area contributed by atoms with Gasteiger partial charge in [-0.3, -0.25) is 9.78 Å². The van der Waals surface area contributed by atoms with E-state index in [-0.39, 0.29) is 5.91 Å². The Morgan fingerprint density at radius 3 is 2.94 bits per heavy atom. The Morgan fingerprint density at radius 1 is 1.19 bits per heavy atom. The summed E-state index contributed by atoms with van der Waals surface area (Å²) in [6, 6.07) is 12.0. The highest BCUT2D eigenvalue weighted by Gasteiger charge is 2.24. The fraction of sp³-hybridized carbons (Fsp3) is 0.250. The predicted molar refractivity (Wildman–Crippen MR) is 127 cm³/mol. The van der Waals surface area contributed by atoms with Gasteiger partial charge in [-0.1, -0.05) is 12.1 Å². The minimum Gasteiger partial charge on any atom is -0.347 e. The number of fused-ring (bicyclic) bond motifs is 2. The summed E-state index contributed by atoms with van der Waals surface area (Å²) >= 11 is 1.67. The second kappa shape index (κ2) is 8.27. The van der Waals surface area contributed by atoms with E-state index in [1.807, 2.05) is 68.2 Å². The molecule has 1 amide bonds. The van der Waals surface area contributed by atoms with Gasteiger partial charge >= 0.3 is 0 Å². The molecule has 162 valence electrons. The summed E-state index contributed by atoms with van der Waals surface area (Å²) in [6.07, 6.45) is 4.60. The Kier molecular flexibility index (Phi) is 5.30. The van der Waals surface area contributed by atoms with E-state index in [1.165, 1.54) is 0 Å². The highest BCUT2D eigenvalue weighted by molar-refractivity contribution is 8.00. The number of aromatic nitrogens is 4. The Hall–Kier alpha value is -3.39. The van der Waals surface area contributed by atoms with Crippen LogP contribution >= 0.6 is 11.9 Å². The van der Waals surface area contributed by atoms with Crippen molar-refractivity contribution in [3.05, 3.63) is 77.3 Å². The van der Waals surface area contributed by atoms with Gasteiger partial charge < -0.3 is 14.2 Å². The molecular formula is C24H24N6OS. The van der Waals surface area contributed by atoms with E-state index >= 15 is 0 Å². The third-order valence-electron chi connectivity index (χ3n) is 5.89. The van der Waals surface area contributed by atoms with Crippen molar-refractivity contribution in [1.82, 2.24) is 24.8 Å². The molecule has 1 aromatic carbocycles. The van der Waals surface area contributed by atoms with Gasteiger partial charge in [-0.15, -0.1) is 0 Å². The molecule has 0 radical (unpaired) electrons. The quantitative estimate of drug-likeness (QED) is 0.469. The summed E-state index contributed by atoms with van der Waals surface area (Å²) in [7, 11) is 1.93. The number of nitrogens with one attached hydrogen (secondary N) is 1. The van der Waals surface area contributed by atoms with Crippen molar-refractivity contribution < 1.29 is 4.79 Å². The number of hydrogen-bond donors (Lipinski definition) is 1. The van der Waals surface area contributed by atoms with Crippen LogP contribution in [0.1, 0.15) is 33.3 Å². The van der Waals surface area contributed by atoms with Crippen LogP contribution in [0.3, 0.4) is 0 Å². The van der Waals surface area contributed by atoms with Gasteiger partial charge in [0.15, 0.2) is 0 Å². The second-order valence-corrected chi connectivity index (χ2v) is 8.96. The topological polar surface area (TPSA) is 75.9 Å². The van der Waals surface area contributed by atoms with Crippen molar-refractivity contribution in [2.75, 3.05) is 10.8 Å². The number of anilines is 1. The van der Waals surface area contributed by atoms with Crippen molar-refractivity contribution in [1.29, 1.82) is 0 Å². The monoisotopic (exact) mass is 444 g/mol. The molecule has 32 heavy (non-hydrogen) atoms. The van der Waals surface area contributed by atoms with Gasteiger partial charge in [-0.25, -0.2) is 9.97 Å². The maximum atomic E-state index is 13.0. The van der Waals surface area contributed by atoms with E-state index in [0.717, 1.165) is 57.2 Å². The summed E-state index contributed by atoms with van der Waals surface area (Å²) in [5.74, 6) is 0.635. The predicted octanol–water partition coefficient (Wildman–Crippen LogP) is 3.98. The van der Waals surface area contributed by atoms with Crippen LogP contribution < -0.4 is 9.62 Å². The average Bonchev–Trinajstić information content (AvgIpc) is 3.33. The van der Waals surface area contributed by atoms with Gasteiger partial charge in [0.25, 0.3) is 5.91 Å². The summed E-state index contributed by atoms with van der Waals surface area (Å²) < 4.78 is 4.21. The molecule has 5 rings (SSSR count). The largest absolute Gasteiger partial charge is 0.347 e. The molecule has 0 fully saturated rings. The van der Waals surface area contributed by atoms with Gasteiger partial charge in [-0.2, -0.15) is 0 Å². The number of amides is 1. The van der Waals surface area contributed by atoms with Crippen LogP contribution in [0.25, 0.3) is 10.9 Å². The molecule has 0 unspecified atom stereocenters.